The molecule has 0 saturated carbocycles. The molecule has 1 rings (SSSR count). The lowest BCUT2D eigenvalue weighted by Crippen LogP contribution is -2.07. The van der Waals surface area contributed by atoms with Gasteiger partial charge < -0.3 is 4.74 Å². The SMILES string of the molecule is CC.CCOC(=O)c1nn(C)c(C)c1C. The fourth-order valence-electron chi connectivity index (χ4n) is 1.11. The highest BCUT2D eigenvalue weighted by atomic mass is 16.5. The van der Waals surface area contributed by atoms with Crippen LogP contribution in [0.5, 0.6) is 0 Å². The first-order valence-corrected chi connectivity index (χ1v) is 5.25. The number of aromatic nitrogens is 2. The van der Waals surface area contributed by atoms with Gasteiger partial charge in [-0.05, 0) is 20.8 Å². The molecule has 0 aliphatic rings. The second-order valence-electron chi connectivity index (χ2n) is 2.90. The van der Waals surface area contributed by atoms with Crippen molar-refractivity contribution in [1.82, 2.24) is 9.78 Å². The second kappa shape index (κ2) is 6.22. The van der Waals surface area contributed by atoms with Gasteiger partial charge in [0.05, 0.1) is 6.61 Å². The van der Waals surface area contributed by atoms with Gasteiger partial charge in [-0.2, -0.15) is 5.10 Å². The summed E-state index contributed by atoms with van der Waals surface area (Å²) in [6, 6.07) is 0. The summed E-state index contributed by atoms with van der Waals surface area (Å²) in [4.78, 5) is 11.3. The fourth-order valence-corrected chi connectivity index (χ4v) is 1.11. The highest BCUT2D eigenvalue weighted by Gasteiger charge is 2.16. The van der Waals surface area contributed by atoms with Crippen LogP contribution in [0.3, 0.4) is 0 Å². The zero-order valence-electron chi connectivity index (χ0n) is 10.4. The zero-order chi connectivity index (χ0) is 12.0. The predicted octanol–water partition coefficient (Wildman–Crippen LogP) is 2.24. The minimum absolute atomic E-state index is 0.344. The van der Waals surface area contributed by atoms with E-state index in [0.717, 1.165) is 11.3 Å². The van der Waals surface area contributed by atoms with Crippen LogP contribution in [-0.4, -0.2) is 22.4 Å². The number of carbonyl (C=O) groups is 1. The quantitative estimate of drug-likeness (QED) is 0.706. The van der Waals surface area contributed by atoms with E-state index in [1.165, 1.54) is 0 Å². The Bertz CT molecular complexity index is 330. The standard InChI is InChI=1S/C9H14N2O2.C2H6/c1-5-13-9(12)8-6(2)7(3)11(4)10-8;1-2/h5H2,1-4H3;1-2H3. The first-order valence-electron chi connectivity index (χ1n) is 5.25. The zero-order valence-corrected chi connectivity index (χ0v) is 10.4. The number of carbonyl (C=O) groups excluding carboxylic acids is 1. The Balaban J connectivity index is 0.000000921. The van der Waals surface area contributed by atoms with Crippen LogP contribution >= 0.6 is 0 Å². The normalized spacial score (nSPS) is 9.20. The Morgan fingerprint density at radius 2 is 1.93 bits per heavy atom. The highest BCUT2D eigenvalue weighted by molar-refractivity contribution is 5.89. The summed E-state index contributed by atoms with van der Waals surface area (Å²) < 4.78 is 6.54. The van der Waals surface area contributed by atoms with E-state index in [1.54, 1.807) is 11.6 Å². The minimum Gasteiger partial charge on any atom is -0.461 e. The molecule has 0 atom stereocenters. The third-order valence-electron chi connectivity index (χ3n) is 2.10. The maximum absolute atomic E-state index is 11.3. The fraction of sp³-hybridized carbons (Fsp3) is 0.636. The molecule has 0 amide bonds. The average Bonchev–Trinajstić information content (AvgIpc) is 2.49. The van der Waals surface area contributed by atoms with Crippen molar-refractivity contribution in [3.8, 4) is 0 Å². The van der Waals surface area contributed by atoms with E-state index in [1.807, 2.05) is 34.7 Å². The molecule has 1 heterocycles. The number of nitrogens with zero attached hydrogens (tertiary/aromatic N) is 2. The van der Waals surface area contributed by atoms with Crippen LogP contribution < -0.4 is 0 Å². The van der Waals surface area contributed by atoms with Crippen LogP contribution in [0.1, 0.15) is 42.5 Å². The summed E-state index contributed by atoms with van der Waals surface area (Å²) >= 11 is 0. The molecule has 0 aliphatic heterocycles. The maximum atomic E-state index is 11.3. The van der Waals surface area contributed by atoms with E-state index in [4.69, 9.17) is 4.74 Å². The first-order chi connectivity index (χ1) is 7.07. The molecule has 0 radical (unpaired) electrons. The van der Waals surface area contributed by atoms with Gasteiger partial charge in [0.25, 0.3) is 0 Å². The molecule has 0 unspecified atom stereocenters. The van der Waals surface area contributed by atoms with Gasteiger partial charge in [-0.15, -0.1) is 0 Å². The van der Waals surface area contributed by atoms with Gasteiger partial charge in [-0.1, -0.05) is 13.8 Å². The third kappa shape index (κ3) is 3.08. The molecule has 0 aliphatic carbocycles. The topological polar surface area (TPSA) is 44.1 Å². The predicted molar refractivity (Wildman–Crippen MR) is 60.0 cm³/mol. The Kier molecular flexibility index (Phi) is 5.67. The Morgan fingerprint density at radius 3 is 2.27 bits per heavy atom. The molecule has 1 aromatic rings. The average molecular weight is 212 g/mol. The van der Waals surface area contributed by atoms with Gasteiger partial charge in [0.15, 0.2) is 5.69 Å². The van der Waals surface area contributed by atoms with Crippen molar-refractivity contribution in [2.24, 2.45) is 7.05 Å². The van der Waals surface area contributed by atoms with E-state index < -0.39 is 0 Å². The number of hydrogen-bond acceptors (Lipinski definition) is 3. The van der Waals surface area contributed by atoms with Gasteiger partial charge in [-0.25, -0.2) is 4.79 Å². The number of aryl methyl sites for hydroxylation is 1. The second-order valence-corrected chi connectivity index (χ2v) is 2.90. The molecule has 0 aromatic carbocycles. The molecule has 0 bridgehead atoms. The van der Waals surface area contributed by atoms with Crippen molar-refractivity contribution in [2.45, 2.75) is 34.6 Å². The number of rotatable bonds is 2. The van der Waals surface area contributed by atoms with Crippen LogP contribution in [0.15, 0.2) is 0 Å². The van der Waals surface area contributed by atoms with Crippen molar-refractivity contribution in [2.75, 3.05) is 6.61 Å². The van der Waals surface area contributed by atoms with Crippen LogP contribution in [0.25, 0.3) is 0 Å². The number of ether oxygens (including phenoxy) is 1. The van der Waals surface area contributed by atoms with E-state index in [-0.39, 0.29) is 5.97 Å². The van der Waals surface area contributed by atoms with Crippen molar-refractivity contribution in [3.63, 3.8) is 0 Å². The van der Waals surface area contributed by atoms with Crippen LogP contribution in [0, 0.1) is 13.8 Å². The smallest absolute Gasteiger partial charge is 0.359 e. The third-order valence-corrected chi connectivity index (χ3v) is 2.10. The molecule has 0 fully saturated rings. The maximum Gasteiger partial charge on any atom is 0.359 e. The van der Waals surface area contributed by atoms with Gasteiger partial charge in [0.2, 0.25) is 0 Å². The summed E-state index contributed by atoms with van der Waals surface area (Å²) in [5.74, 6) is -0.344. The van der Waals surface area contributed by atoms with E-state index in [9.17, 15) is 4.79 Å². The largest absolute Gasteiger partial charge is 0.461 e. The first kappa shape index (κ1) is 13.7. The Labute approximate surface area is 91.2 Å². The van der Waals surface area contributed by atoms with Crippen molar-refractivity contribution in [3.05, 3.63) is 17.0 Å². The monoisotopic (exact) mass is 212 g/mol. The van der Waals surface area contributed by atoms with Crippen molar-refractivity contribution < 1.29 is 9.53 Å². The van der Waals surface area contributed by atoms with Gasteiger partial charge in [-0.3, -0.25) is 4.68 Å². The molecule has 1 aromatic heterocycles. The van der Waals surface area contributed by atoms with Crippen molar-refractivity contribution in [1.29, 1.82) is 0 Å². The van der Waals surface area contributed by atoms with Gasteiger partial charge >= 0.3 is 5.97 Å². The molecule has 0 saturated heterocycles. The van der Waals surface area contributed by atoms with E-state index in [2.05, 4.69) is 5.10 Å². The van der Waals surface area contributed by atoms with Crippen LogP contribution in [0.2, 0.25) is 0 Å². The van der Waals surface area contributed by atoms with Crippen molar-refractivity contribution >= 4 is 5.97 Å². The lowest BCUT2D eigenvalue weighted by Gasteiger charge is -1.97. The van der Waals surface area contributed by atoms with Gasteiger partial charge in [0.1, 0.15) is 0 Å². The molecule has 86 valence electrons. The number of esters is 1. The summed E-state index contributed by atoms with van der Waals surface area (Å²) in [5.41, 5.74) is 2.30. The molecule has 15 heavy (non-hydrogen) atoms. The number of hydrogen-bond donors (Lipinski definition) is 0. The van der Waals surface area contributed by atoms with Crippen LogP contribution in [-0.2, 0) is 11.8 Å². The van der Waals surface area contributed by atoms with E-state index in [0.29, 0.717) is 12.3 Å². The van der Waals surface area contributed by atoms with Crippen LogP contribution in [0.4, 0.5) is 0 Å². The molecular weight excluding hydrogens is 192 g/mol. The minimum atomic E-state index is -0.344. The Morgan fingerprint density at radius 1 is 1.40 bits per heavy atom. The lowest BCUT2D eigenvalue weighted by atomic mass is 10.2. The molecular formula is C11H20N2O2. The summed E-state index contributed by atoms with van der Waals surface area (Å²) in [6.07, 6.45) is 0. The highest BCUT2D eigenvalue weighted by Crippen LogP contribution is 2.11. The summed E-state index contributed by atoms with van der Waals surface area (Å²) in [5, 5.41) is 4.07. The van der Waals surface area contributed by atoms with Gasteiger partial charge in [0, 0.05) is 18.3 Å². The van der Waals surface area contributed by atoms with E-state index >= 15 is 0 Å². The summed E-state index contributed by atoms with van der Waals surface area (Å²) in [6.45, 7) is 9.95. The molecule has 0 spiro atoms. The lowest BCUT2D eigenvalue weighted by molar-refractivity contribution is 0.0518. The Hall–Kier alpha value is -1.32. The molecule has 4 heteroatoms. The molecule has 4 nitrogen and oxygen atoms in total. The molecule has 0 N–H and O–H groups in total. The summed E-state index contributed by atoms with van der Waals surface area (Å²) in [7, 11) is 1.81.